The smallest absolute Gasteiger partial charge is 0.245 e. The SMILES string of the molecule is CC(C(=O)N(C)c1ccccc1)S(=O)(=O)c1ccccc1. The van der Waals surface area contributed by atoms with Gasteiger partial charge in [-0.15, -0.1) is 0 Å². The molecule has 21 heavy (non-hydrogen) atoms. The number of nitrogens with zero attached hydrogens (tertiary/aromatic N) is 1. The maximum atomic E-state index is 12.5. The Kier molecular flexibility index (Phi) is 4.43. The number of hydrogen-bond donors (Lipinski definition) is 0. The van der Waals surface area contributed by atoms with Gasteiger partial charge < -0.3 is 4.90 Å². The molecule has 2 aromatic rings. The van der Waals surface area contributed by atoms with Crippen LogP contribution in [0.4, 0.5) is 5.69 Å². The highest BCUT2D eigenvalue weighted by molar-refractivity contribution is 7.92. The van der Waals surface area contributed by atoms with Crippen LogP contribution in [0.2, 0.25) is 0 Å². The minimum absolute atomic E-state index is 0.160. The van der Waals surface area contributed by atoms with Crippen LogP contribution in [-0.2, 0) is 14.6 Å². The Balaban J connectivity index is 2.28. The van der Waals surface area contributed by atoms with Gasteiger partial charge in [0.1, 0.15) is 5.25 Å². The van der Waals surface area contributed by atoms with Crippen LogP contribution < -0.4 is 4.90 Å². The van der Waals surface area contributed by atoms with Gasteiger partial charge in [0.05, 0.1) is 4.90 Å². The fourth-order valence-corrected chi connectivity index (χ4v) is 3.37. The van der Waals surface area contributed by atoms with Gasteiger partial charge >= 0.3 is 0 Å². The number of rotatable bonds is 4. The van der Waals surface area contributed by atoms with Crippen molar-refractivity contribution in [3.63, 3.8) is 0 Å². The van der Waals surface area contributed by atoms with Crippen LogP contribution in [0.25, 0.3) is 0 Å². The Labute approximate surface area is 124 Å². The Morgan fingerprint density at radius 1 is 0.952 bits per heavy atom. The Morgan fingerprint density at radius 3 is 1.95 bits per heavy atom. The van der Waals surface area contributed by atoms with E-state index in [2.05, 4.69) is 0 Å². The average molecular weight is 303 g/mol. The van der Waals surface area contributed by atoms with E-state index in [-0.39, 0.29) is 4.90 Å². The molecule has 0 aliphatic rings. The van der Waals surface area contributed by atoms with E-state index in [9.17, 15) is 13.2 Å². The Morgan fingerprint density at radius 2 is 1.43 bits per heavy atom. The molecule has 0 aliphatic carbocycles. The van der Waals surface area contributed by atoms with E-state index in [0.29, 0.717) is 5.69 Å². The van der Waals surface area contributed by atoms with E-state index < -0.39 is 21.0 Å². The first-order valence-electron chi connectivity index (χ1n) is 6.56. The zero-order valence-corrected chi connectivity index (χ0v) is 12.7. The molecule has 1 unspecified atom stereocenters. The largest absolute Gasteiger partial charge is 0.314 e. The standard InChI is InChI=1S/C16H17NO3S/c1-13(21(19,20)15-11-7-4-8-12-15)16(18)17(2)14-9-5-3-6-10-14/h3-13H,1-2H3. The molecule has 0 bridgehead atoms. The number of para-hydroxylation sites is 1. The third-order valence-electron chi connectivity index (χ3n) is 3.36. The number of sulfone groups is 1. The first kappa shape index (κ1) is 15.3. The molecule has 1 atom stereocenters. The summed E-state index contributed by atoms with van der Waals surface area (Å²) >= 11 is 0. The quantitative estimate of drug-likeness (QED) is 0.872. The maximum absolute atomic E-state index is 12.5. The van der Waals surface area contributed by atoms with Crippen molar-refractivity contribution in [2.75, 3.05) is 11.9 Å². The molecule has 110 valence electrons. The molecular weight excluding hydrogens is 286 g/mol. The lowest BCUT2D eigenvalue weighted by Crippen LogP contribution is -2.39. The summed E-state index contributed by atoms with van der Waals surface area (Å²) in [4.78, 5) is 13.9. The van der Waals surface area contributed by atoms with Crippen LogP contribution in [0.1, 0.15) is 6.92 Å². The number of hydrogen-bond acceptors (Lipinski definition) is 3. The molecule has 0 saturated heterocycles. The highest BCUT2D eigenvalue weighted by Gasteiger charge is 2.32. The van der Waals surface area contributed by atoms with Crippen molar-refractivity contribution in [1.82, 2.24) is 0 Å². The number of amides is 1. The summed E-state index contributed by atoms with van der Waals surface area (Å²) in [5.74, 6) is -0.454. The molecular formula is C16H17NO3S. The van der Waals surface area contributed by atoms with E-state index in [1.165, 1.54) is 24.0 Å². The van der Waals surface area contributed by atoms with Gasteiger partial charge in [-0.2, -0.15) is 0 Å². The van der Waals surface area contributed by atoms with E-state index in [0.717, 1.165) is 0 Å². The summed E-state index contributed by atoms with van der Waals surface area (Å²) in [5, 5.41) is -1.13. The minimum Gasteiger partial charge on any atom is -0.314 e. The van der Waals surface area contributed by atoms with Gasteiger partial charge in [0, 0.05) is 12.7 Å². The molecule has 0 aromatic heterocycles. The second-order valence-electron chi connectivity index (χ2n) is 4.73. The zero-order valence-electron chi connectivity index (χ0n) is 11.9. The second kappa shape index (κ2) is 6.10. The summed E-state index contributed by atoms with van der Waals surface area (Å²) in [6, 6.07) is 17.0. The van der Waals surface area contributed by atoms with E-state index in [1.807, 2.05) is 6.07 Å². The van der Waals surface area contributed by atoms with Crippen molar-refractivity contribution < 1.29 is 13.2 Å². The average Bonchev–Trinajstić information content (AvgIpc) is 2.54. The van der Waals surface area contributed by atoms with Gasteiger partial charge in [0.15, 0.2) is 9.84 Å². The normalized spacial score (nSPS) is 12.7. The van der Waals surface area contributed by atoms with Crippen LogP contribution in [0, 0.1) is 0 Å². The van der Waals surface area contributed by atoms with Gasteiger partial charge in [-0.1, -0.05) is 36.4 Å². The summed E-state index contributed by atoms with van der Waals surface area (Å²) < 4.78 is 24.9. The third kappa shape index (κ3) is 3.13. The minimum atomic E-state index is -3.68. The summed E-state index contributed by atoms with van der Waals surface area (Å²) in [5.41, 5.74) is 0.664. The first-order valence-corrected chi connectivity index (χ1v) is 8.11. The molecule has 0 heterocycles. The fourth-order valence-electron chi connectivity index (χ4n) is 2.00. The molecule has 2 rings (SSSR count). The predicted octanol–water partition coefficient (Wildman–Crippen LogP) is 2.51. The van der Waals surface area contributed by atoms with Crippen LogP contribution in [0.15, 0.2) is 65.6 Å². The van der Waals surface area contributed by atoms with Crippen molar-refractivity contribution in [1.29, 1.82) is 0 Å². The summed E-state index contributed by atoms with van der Waals surface area (Å²) in [6.45, 7) is 1.42. The van der Waals surface area contributed by atoms with Crippen molar-refractivity contribution in [3.8, 4) is 0 Å². The topological polar surface area (TPSA) is 54.5 Å². The highest BCUT2D eigenvalue weighted by atomic mass is 32.2. The molecule has 5 heteroatoms. The van der Waals surface area contributed by atoms with Gasteiger partial charge in [0.25, 0.3) is 0 Å². The summed E-state index contributed by atoms with van der Waals surface area (Å²) in [7, 11) is -2.10. The third-order valence-corrected chi connectivity index (χ3v) is 5.42. The lowest BCUT2D eigenvalue weighted by molar-refractivity contribution is -0.117. The van der Waals surface area contributed by atoms with Crippen LogP contribution >= 0.6 is 0 Å². The lowest BCUT2D eigenvalue weighted by Gasteiger charge is -2.21. The molecule has 1 amide bonds. The number of anilines is 1. The van der Waals surface area contributed by atoms with E-state index in [4.69, 9.17) is 0 Å². The molecule has 0 N–H and O–H groups in total. The molecule has 0 radical (unpaired) electrons. The number of benzene rings is 2. The molecule has 2 aromatic carbocycles. The molecule has 0 aliphatic heterocycles. The molecule has 0 fully saturated rings. The van der Waals surface area contributed by atoms with Crippen molar-refractivity contribution in [2.45, 2.75) is 17.1 Å². The van der Waals surface area contributed by atoms with Crippen LogP contribution in [0.5, 0.6) is 0 Å². The Bertz CT molecular complexity index is 712. The predicted molar refractivity (Wildman–Crippen MR) is 82.9 cm³/mol. The van der Waals surface area contributed by atoms with Crippen molar-refractivity contribution >= 4 is 21.4 Å². The van der Waals surface area contributed by atoms with Gasteiger partial charge in [-0.25, -0.2) is 8.42 Å². The van der Waals surface area contributed by atoms with E-state index >= 15 is 0 Å². The van der Waals surface area contributed by atoms with Gasteiger partial charge in [-0.3, -0.25) is 4.79 Å². The monoisotopic (exact) mass is 303 g/mol. The number of carbonyl (C=O) groups is 1. The van der Waals surface area contributed by atoms with Crippen LogP contribution in [0.3, 0.4) is 0 Å². The molecule has 0 spiro atoms. The summed E-state index contributed by atoms with van der Waals surface area (Å²) in [6.07, 6.45) is 0. The van der Waals surface area contributed by atoms with Crippen molar-refractivity contribution in [2.24, 2.45) is 0 Å². The highest BCUT2D eigenvalue weighted by Crippen LogP contribution is 2.19. The lowest BCUT2D eigenvalue weighted by atomic mass is 10.3. The van der Waals surface area contributed by atoms with E-state index in [1.54, 1.807) is 49.5 Å². The van der Waals surface area contributed by atoms with Gasteiger partial charge in [0.2, 0.25) is 5.91 Å². The maximum Gasteiger partial charge on any atom is 0.245 e. The fraction of sp³-hybridized carbons (Fsp3) is 0.188. The first-order chi connectivity index (χ1) is 9.94. The Hall–Kier alpha value is -2.14. The van der Waals surface area contributed by atoms with Gasteiger partial charge in [-0.05, 0) is 31.2 Å². The molecule has 4 nitrogen and oxygen atoms in total. The second-order valence-corrected chi connectivity index (χ2v) is 7.00. The molecule has 0 saturated carbocycles. The zero-order chi connectivity index (χ0) is 15.5. The van der Waals surface area contributed by atoms with Crippen molar-refractivity contribution in [3.05, 3.63) is 60.7 Å². The van der Waals surface area contributed by atoms with Crippen LogP contribution in [-0.4, -0.2) is 26.6 Å². The number of carbonyl (C=O) groups excluding carboxylic acids is 1.